The van der Waals surface area contributed by atoms with Crippen molar-refractivity contribution in [1.29, 1.82) is 0 Å². The summed E-state index contributed by atoms with van der Waals surface area (Å²) in [5.41, 5.74) is 9.91. The monoisotopic (exact) mass is 1470 g/mol. The van der Waals surface area contributed by atoms with Crippen LogP contribution >= 0.6 is 0 Å². The largest absolute Gasteiger partial charge is 0.480 e. The highest BCUT2D eigenvalue weighted by atomic mass is 16.4. The third-order valence-corrected chi connectivity index (χ3v) is 18.4. The van der Waals surface area contributed by atoms with Gasteiger partial charge in [0.2, 0.25) is 65.0 Å². The van der Waals surface area contributed by atoms with Crippen LogP contribution in [0.5, 0.6) is 0 Å². The number of hydrogen-bond donors (Lipinski definition) is 16. The summed E-state index contributed by atoms with van der Waals surface area (Å²) < 4.78 is 0. The van der Waals surface area contributed by atoms with Gasteiger partial charge in [0.05, 0.1) is 6.04 Å². The molecule has 0 saturated carbocycles. The number of H-pyrrole nitrogens is 3. The third-order valence-electron chi connectivity index (χ3n) is 18.4. The van der Waals surface area contributed by atoms with Crippen molar-refractivity contribution in [2.75, 3.05) is 0 Å². The lowest BCUT2D eigenvalue weighted by Gasteiger charge is -2.31. The minimum atomic E-state index is -1.42. The fourth-order valence-corrected chi connectivity index (χ4v) is 12.7. The van der Waals surface area contributed by atoms with E-state index < -0.39 is 161 Å². The Bertz CT molecular complexity index is 4040. The van der Waals surface area contributed by atoms with Gasteiger partial charge in [-0.2, -0.15) is 0 Å². The number of nitrogens with one attached hydrogen (secondary N) is 14. The van der Waals surface area contributed by atoms with Crippen LogP contribution in [0.1, 0.15) is 153 Å². The smallest absolute Gasteiger partial charge is 0.326 e. The molecule has 0 fully saturated rings. The van der Waals surface area contributed by atoms with Crippen LogP contribution in [0.3, 0.4) is 0 Å². The topological polar surface area (TPSA) is 431 Å². The highest BCUT2D eigenvalue weighted by molar-refractivity contribution is 6.00. The van der Waals surface area contributed by atoms with Crippen LogP contribution in [-0.4, -0.2) is 164 Å². The number of para-hydroxylation sites is 3. The first kappa shape index (κ1) is 84.8. The van der Waals surface area contributed by atoms with E-state index in [2.05, 4.69) is 73.4 Å². The lowest BCUT2D eigenvalue weighted by Crippen LogP contribution is -2.62. The van der Waals surface area contributed by atoms with Crippen molar-refractivity contribution in [1.82, 2.24) is 73.4 Å². The number of aliphatic carboxylic acids is 1. The van der Waals surface area contributed by atoms with Crippen molar-refractivity contribution >= 4 is 104 Å². The summed E-state index contributed by atoms with van der Waals surface area (Å²) in [6, 6.07) is 7.11. The van der Waals surface area contributed by atoms with E-state index in [0.29, 0.717) is 16.7 Å². The molecule has 0 bridgehead atoms. The maximum Gasteiger partial charge on any atom is 0.326 e. The molecule has 28 nitrogen and oxygen atoms in total. The molecule has 3 aromatic heterocycles. The molecule has 28 heteroatoms. The van der Waals surface area contributed by atoms with Gasteiger partial charge in [-0.05, 0) is 116 Å². The van der Waals surface area contributed by atoms with Gasteiger partial charge in [-0.3, -0.25) is 52.7 Å². The van der Waals surface area contributed by atoms with Gasteiger partial charge in [0.1, 0.15) is 66.5 Å². The molecule has 17 N–H and O–H groups in total. The summed E-state index contributed by atoms with van der Waals surface area (Å²) in [5, 5.41) is 43.0. The number of carbonyl (C=O) groups excluding carboxylic acids is 11. The Hall–Kier alpha value is -10.1. The first-order valence-corrected chi connectivity index (χ1v) is 36.9. The summed E-state index contributed by atoms with van der Waals surface area (Å²) in [6.07, 6.45) is 5.29. The summed E-state index contributed by atoms with van der Waals surface area (Å²) in [6.45, 7) is 27.8. The Morgan fingerprint density at radius 1 is 0.311 bits per heavy atom. The zero-order valence-corrected chi connectivity index (χ0v) is 64.0. The Morgan fingerprint density at radius 3 is 0.858 bits per heavy atom. The van der Waals surface area contributed by atoms with Gasteiger partial charge >= 0.3 is 5.97 Å². The molecular weight excluding hydrogens is 1350 g/mol. The van der Waals surface area contributed by atoms with Gasteiger partial charge in [-0.25, -0.2) is 4.79 Å². The summed E-state index contributed by atoms with van der Waals surface area (Å²) in [7, 11) is 0. The van der Waals surface area contributed by atoms with Crippen LogP contribution in [0, 0.1) is 41.4 Å². The third kappa shape index (κ3) is 24.5. The Morgan fingerprint density at radius 2 is 0.557 bits per heavy atom. The van der Waals surface area contributed by atoms with Gasteiger partial charge in [-0.15, -0.1) is 0 Å². The number of carboxylic acids is 1. The van der Waals surface area contributed by atoms with Gasteiger partial charge in [0, 0.05) is 70.6 Å². The first-order valence-electron chi connectivity index (χ1n) is 36.9. The number of amides is 11. The van der Waals surface area contributed by atoms with E-state index in [4.69, 9.17) is 5.73 Å². The van der Waals surface area contributed by atoms with Crippen molar-refractivity contribution in [3.63, 3.8) is 0 Å². The molecule has 0 aliphatic rings. The molecule has 0 aliphatic carbocycles. The van der Waals surface area contributed by atoms with Crippen molar-refractivity contribution in [2.45, 2.75) is 228 Å². The number of aromatic amines is 3. The number of carbonyl (C=O) groups is 12. The van der Waals surface area contributed by atoms with Crippen molar-refractivity contribution in [3.8, 4) is 0 Å². The molecule has 106 heavy (non-hydrogen) atoms. The maximum absolute atomic E-state index is 15.3. The number of rotatable bonds is 40. The number of hydrogen-bond acceptors (Lipinski definition) is 13. The SMILES string of the molecule is CC(C)C[C@@H](NC(=O)[C@H](Cc1c[nH]c2ccccc12)NC(=O)[C@@H](CC(C)C)NC(=O)[C@H](Cc1c[nH]c2ccccc12)NC(=O)[C@@H](CC(C)C)NC(=O)[C@H](Cc1c[nH]c2ccccc12)NC(=O)[C@H](NC(=O)[C@@H](NC(=O)[C@H](NC(=O)[C@H](C)NC(=O)[C@@H](CC(C)C)NC(=O)[C@H](C)N)C(C)C)C(C)C)C(C)C)C(=O)O. The quantitative estimate of drug-likeness (QED) is 0.0238. The molecule has 0 unspecified atom stereocenters. The number of benzene rings is 3. The predicted molar refractivity (Wildman–Crippen MR) is 407 cm³/mol. The van der Waals surface area contributed by atoms with Gasteiger partial charge in [0.25, 0.3) is 0 Å². The molecule has 6 rings (SSSR count). The first-order chi connectivity index (χ1) is 49.9. The second kappa shape index (κ2) is 39.3. The Balaban J connectivity index is 1.26. The molecule has 0 radical (unpaired) electrons. The van der Waals surface area contributed by atoms with Crippen LogP contribution in [0.4, 0.5) is 0 Å². The van der Waals surface area contributed by atoms with Crippen molar-refractivity contribution in [3.05, 3.63) is 108 Å². The fourth-order valence-electron chi connectivity index (χ4n) is 12.7. The average molecular weight is 1470 g/mol. The van der Waals surface area contributed by atoms with Crippen LogP contribution in [0.2, 0.25) is 0 Å². The molecule has 0 aliphatic heterocycles. The number of nitrogens with two attached hydrogens (primary N) is 1. The molecule has 0 saturated heterocycles. The molecular formula is C78H113N15O13. The highest BCUT2D eigenvalue weighted by Crippen LogP contribution is 2.24. The van der Waals surface area contributed by atoms with Crippen molar-refractivity contribution < 1.29 is 62.6 Å². The van der Waals surface area contributed by atoms with Gasteiger partial charge in [-0.1, -0.05) is 152 Å². The molecule has 6 aromatic rings. The molecule has 0 spiro atoms. The van der Waals surface area contributed by atoms with E-state index in [0.717, 1.165) is 32.7 Å². The van der Waals surface area contributed by atoms with E-state index >= 15 is 14.4 Å². The zero-order chi connectivity index (χ0) is 78.5. The van der Waals surface area contributed by atoms with Crippen molar-refractivity contribution in [2.24, 2.45) is 47.2 Å². The lowest BCUT2D eigenvalue weighted by molar-refractivity contribution is -0.143. The second-order valence-electron chi connectivity index (χ2n) is 30.7. The van der Waals surface area contributed by atoms with E-state index in [-0.39, 0.29) is 68.6 Å². The Kier molecular flexibility index (Phi) is 31.4. The van der Waals surface area contributed by atoms with E-state index in [1.165, 1.54) is 13.8 Å². The fraction of sp³-hybridized carbons (Fsp3) is 0.538. The molecule has 12 atom stereocenters. The lowest BCUT2D eigenvalue weighted by atomic mass is 9.97. The van der Waals surface area contributed by atoms with Gasteiger partial charge in [0.15, 0.2) is 0 Å². The zero-order valence-electron chi connectivity index (χ0n) is 64.0. The normalized spacial score (nSPS) is 15.2. The minimum Gasteiger partial charge on any atom is -0.480 e. The molecule has 11 amide bonds. The number of fused-ring (bicyclic) bond motifs is 3. The Labute approximate surface area is 620 Å². The summed E-state index contributed by atoms with van der Waals surface area (Å²) in [4.78, 5) is 180. The summed E-state index contributed by atoms with van der Waals surface area (Å²) in [5.74, 6) is -11.6. The predicted octanol–water partition coefficient (Wildman–Crippen LogP) is 5.10. The minimum absolute atomic E-state index is 0.0146. The van der Waals surface area contributed by atoms with E-state index in [9.17, 15) is 48.3 Å². The van der Waals surface area contributed by atoms with Crippen LogP contribution in [0.15, 0.2) is 91.4 Å². The van der Waals surface area contributed by atoms with Gasteiger partial charge < -0.3 is 84.3 Å². The molecule has 3 aromatic carbocycles. The number of aromatic nitrogens is 3. The second-order valence-corrected chi connectivity index (χ2v) is 30.7. The van der Waals surface area contributed by atoms with Crippen LogP contribution in [0.25, 0.3) is 32.7 Å². The van der Waals surface area contributed by atoms with Crippen LogP contribution < -0.4 is 64.2 Å². The molecule has 3 heterocycles. The molecule has 578 valence electrons. The number of carboxylic acid groups (broad SMARTS) is 1. The van der Waals surface area contributed by atoms with E-state index in [1.807, 2.05) is 128 Å². The average Bonchev–Trinajstić information content (AvgIpc) is 1.63. The highest BCUT2D eigenvalue weighted by Gasteiger charge is 2.39. The van der Waals surface area contributed by atoms with Crippen LogP contribution in [-0.2, 0) is 76.8 Å². The maximum atomic E-state index is 15.3. The summed E-state index contributed by atoms with van der Waals surface area (Å²) >= 11 is 0. The standard InChI is InChI=1S/C78H113N15O13/c1-39(2)29-57(84-67(94)46(15)79)69(96)83-47(16)68(95)91-65(44(11)12)76(103)93-66(45(13)14)77(104)92-64(43(9)10)75(102)89-62(35-50-38-82-56-28-22-19-25-53(50)56)73(100)86-59(31-41(5)6)70(97)87-60(33-48-36-80-54-26-20-17-23-51(48)54)72(99)85-58(30-40(3)4)71(98)88-61(74(101)90-63(78(105)106)32-42(7)8)34-49-37-81-55-27-21-18-24-52(49)55/h17-28,36-47,57-66,80-82H,29-35,79H2,1-16H3,(H,83,96)(H,84,94)(H,85,99)(H,86,100)(H,87,97)(H,88,98)(H,89,102)(H,90,101)(H,91,95)(H,92,104)(H,93,103)(H,105,106)/t46-,47-,57+,58+,59+,60-,61-,62-,63+,64+,65+,66-/m0/s1. The van der Waals surface area contributed by atoms with E-state index in [1.54, 1.807) is 60.1 Å².